The summed E-state index contributed by atoms with van der Waals surface area (Å²) in [5.74, 6) is -0.325. The van der Waals surface area contributed by atoms with Crippen LogP contribution in [0.25, 0.3) is 21.9 Å². The Kier molecular flexibility index (Phi) is 6.17. The lowest BCUT2D eigenvalue weighted by atomic mass is 9.89. The number of para-hydroxylation sites is 1. The number of methoxy groups -OCH3 is 2. The van der Waals surface area contributed by atoms with E-state index in [1.165, 1.54) is 7.11 Å². The number of rotatable bonds is 6. The van der Waals surface area contributed by atoms with Crippen LogP contribution in [0.1, 0.15) is 26.3 Å². The standard InChI is InChI=1S/C27H22O5/c1-30-24-15-9-8-14-21(24)25-20-13-7-6-12-19(20)16-22(27(29)31-2)23(25)17-32-26(28)18-10-4-3-5-11-18/h3-16H,17H2,1-2H3. The van der Waals surface area contributed by atoms with Gasteiger partial charge in [-0.3, -0.25) is 0 Å². The van der Waals surface area contributed by atoms with E-state index in [1.807, 2.05) is 54.6 Å². The summed E-state index contributed by atoms with van der Waals surface area (Å²) in [7, 11) is 2.93. The molecule has 0 N–H and O–H groups in total. The second-order valence-corrected chi connectivity index (χ2v) is 7.13. The third-order valence-corrected chi connectivity index (χ3v) is 5.30. The Hall–Kier alpha value is -4.12. The fourth-order valence-corrected chi connectivity index (χ4v) is 3.79. The lowest BCUT2D eigenvalue weighted by Crippen LogP contribution is -2.12. The average molecular weight is 426 g/mol. The molecule has 0 fully saturated rings. The Labute approximate surface area is 186 Å². The molecule has 0 spiro atoms. The van der Waals surface area contributed by atoms with E-state index in [4.69, 9.17) is 14.2 Å². The highest BCUT2D eigenvalue weighted by atomic mass is 16.5. The highest BCUT2D eigenvalue weighted by Gasteiger charge is 2.23. The highest BCUT2D eigenvalue weighted by molar-refractivity contribution is 6.06. The number of ether oxygens (including phenoxy) is 3. The Morgan fingerprint density at radius 1 is 0.781 bits per heavy atom. The van der Waals surface area contributed by atoms with Crippen molar-refractivity contribution in [1.82, 2.24) is 0 Å². The van der Waals surface area contributed by atoms with Crippen molar-refractivity contribution in [3.05, 3.63) is 102 Å². The van der Waals surface area contributed by atoms with E-state index in [0.717, 1.165) is 21.9 Å². The minimum atomic E-state index is -0.502. The van der Waals surface area contributed by atoms with Gasteiger partial charge in [-0.1, -0.05) is 60.7 Å². The number of esters is 2. The summed E-state index contributed by atoms with van der Waals surface area (Å²) in [6.45, 7) is -0.101. The van der Waals surface area contributed by atoms with Crippen molar-refractivity contribution in [2.24, 2.45) is 0 Å². The van der Waals surface area contributed by atoms with Crippen LogP contribution < -0.4 is 4.74 Å². The molecule has 0 aliphatic rings. The number of hydrogen-bond donors (Lipinski definition) is 0. The van der Waals surface area contributed by atoms with Crippen molar-refractivity contribution in [3.63, 3.8) is 0 Å². The third-order valence-electron chi connectivity index (χ3n) is 5.30. The quantitative estimate of drug-likeness (QED) is 0.372. The fraction of sp³-hybridized carbons (Fsp3) is 0.111. The van der Waals surface area contributed by atoms with Crippen molar-refractivity contribution in [2.75, 3.05) is 14.2 Å². The van der Waals surface area contributed by atoms with Gasteiger partial charge < -0.3 is 14.2 Å². The molecule has 4 aromatic rings. The zero-order valence-electron chi connectivity index (χ0n) is 17.8. The van der Waals surface area contributed by atoms with Crippen molar-refractivity contribution in [3.8, 4) is 16.9 Å². The maximum absolute atomic E-state index is 12.7. The van der Waals surface area contributed by atoms with Gasteiger partial charge in [-0.2, -0.15) is 0 Å². The summed E-state index contributed by atoms with van der Waals surface area (Å²) < 4.78 is 16.3. The SMILES string of the molecule is COC(=O)c1cc2ccccc2c(-c2ccccc2OC)c1COC(=O)c1ccccc1. The van der Waals surface area contributed by atoms with Gasteiger partial charge >= 0.3 is 11.9 Å². The Balaban J connectivity index is 1.92. The van der Waals surface area contributed by atoms with Gasteiger partial charge in [0, 0.05) is 16.7 Å². The zero-order chi connectivity index (χ0) is 22.5. The minimum Gasteiger partial charge on any atom is -0.496 e. The van der Waals surface area contributed by atoms with E-state index in [1.54, 1.807) is 37.4 Å². The number of benzene rings is 4. The summed E-state index contributed by atoms with van der Waals surface area (Å²) in [6, 6.07) is 25.8. The second kappa shape index (κ2) is 9.35. The van der Waals surface area contributed by atoms with Crippen LogP contribution in [0.2, 0.25) is 0 Å². The topological polar surface area (TPSA) is 61.8 Å². The summed E-state index contributed by atoms with van der Waals surface area (Å²) >= 11 is 0. The van der Waals surface area contributed by atoms with Gasteiger partial charge in [0.15, 0.2) is 0 Å². The molecule has 0 aliphatic carbocycles. The lowest BCUT2D eigenvalue weighted by molar-refractivity contribution is 0.0462. The first-order chi connectivity index (χ1) is 15.6. The molecule has 0 radical (unpaired) electrons. The predicted octanol–water partition coefficient (Wildman–Crippen LogP) is 5.66. The van der Waals surface area contributed by atoms with Crippen LogP contribution in [-0.2, 0) is 16.1 Å². The molecule has 0 heterocycles. The summed E-state index contributed by atoms with van der Waals surface area (Å²) in [5.41, 5.74) is 2.90. The molecule has 4 rings (SSSR count). The molecule has 160 valence electrons. The van der Waals surface area contributed by atoms with Gasteiger partial charge in [0.25, 0.3) is 0 Å². The monoisotopic (exact) mass is 426 g/mol. The molecule has 0 atom stereocenters. The van der Waals surface area contributed by atoms with Crippen molar-refractivity contribution in [1.29, 1.82) is 0 Å². The molecular weight excluding hydrogens is 404 g/mol. The van der Waals surface area contributed by atoms with E-state index < -0.39 is 11.9 Å². The molecule has 0 amide bonds. The van der Waals surface area contributed by atoms with Crippen LogP contribution in [0, 0.1) is 0 Å². The predicted molar refractivity (Wildman–Crippen MR) is 123 cm³/mol. The molecule has 0 aromatic heterocycles. The van der Waals surface area contributed by atoms with Crippen LogP contribution in [0.5, 0.6) is 5.75 Å². The Bertz CT molecular complexity index is 1280. The summed E-state index contributed by atoms with van der Waals surface area (Å²) in [5, 5.41) is 1.78. The molecule has 0 saturated carbocycles. The van der Waals surface area contributed by atoms with Crippen LogP contribution in [0.3, 0.4) is 0 Å². The Morgan fingerprint density at radius 2 is 1.47 bits per heavy atom. The van der Waals surface area contributed by atoms with Gasteiger partial charge in [0.05, 0.1) is 25.3 Å². The van der Waals surface area contributed by atoms with Crippen LogP contribution in [0.15, 0.2) is 84.9 Å². The zero-order valence-corrected chi connectivity index (χ0v) is 17.8. The van der Waals surface area contributed by atoms with Gasteiger partial charge in [-0.05, 0) is 35.0 Å². The highest BCUT2D eigenvalue weighted by Crippen LogP contribution is 2.40. The van der Waals surface area contributed by atoms with E-state index in [9.17, 15) is 9.59 Å². The number of fused-ring (bicyclic) bond motifs is 1. The Morgan fingerprint density at radius 3 is 2.22 bits per heavy atom. The molecular formula is C27H22O5. The van der Waals surface area contributed by atoms with Crippen LogP contribution >= 0.6 is 0 Å². The molecule has 0 bridgehead atoms. The van der Waals surface area contributed by atoms with Crippen molar-refractivity contribution < 1.29 is 23.8 Å². The first-order valence-corrected chi connectivity index (χ1v) is 10.1. The first-order valence-electron chi connectivity index (χ1n) is 10.1. The van der Waals surface area contributed by atoms with Gasteiger partial charge in [-0.25, -0.2) is 9.59 Å². The summed E-state index contributed by atoms with van der Waals surface area (Å²) in [4.78, 5) is 25.4. The van der Waals surface area contributed by atoms with Gasteiger partial charge in [-0.15, -0.1) is 0 Å². The third kappa shape index (κ3) is 4.05. The normalized spacial score (nSPS) is 10.6. The molecule has 5 nitrogen and oxygen atoms in total. The van der Waals surface area contributed by atoms with Crippen molar-refractivity contribution in [2.45, 2.75) is 6.61 Å². The van der Waals surface area contributed by atoms with E-state index in [-0.39, 0.29) is 6.61 Å². The molecule has 0 aliphatic heterocycles. The average Bonchev–Trinajstić information content (AvgIpc) is 2.86. The van der Waals surface area contributed by atoms with Gasteiger partial charge in [0.2, 0.25) is 0 Å². The lowest BCUT2D eigenvalue weighted by Gasteiger charge is -2.19. The smallest absolute Gasteiger partial charge is 0.338 e. The largest absolute Gasteiger partial charge is 0.496 e. The maximum Gasteiger partial charge on any atom is 0.338 e. The second-order valence-electron chi connectivity index (χ2n) is 7.13. The number of carbonyl (C=O) groups excluding carboxylic acids is 2. The van der Waals surface area contributed by atoms with Crippen LogP contribution in [0.4, 0.5) is 0 Å². The van der Waals surface area contributed by atoms with E-state index in [2.05, 4.69) is 0 Å². The first kappa shape index (κ1) is 21.1. The molecule has 0 unspecified atom stereocenters. The van der Waals surface area contributed by atoms with Gasteiger partial charge in [0.1, 0.15) is 12.4 Å². The van der Waals surface area contributed by atoms with E-state index in [0.29, 0.717) is 22.4 Å². The molecule has 32 heavy (non-hydrogen) atoms. The fourth-order valence-electron chi connectivity index (χ4n) is 3.79. The molecule has 5 heteroatoms. The maximum atomic E-state index is 12.7. The number of hydrogen-bond acceptors (Lipinski definition) is 5. The van der Waals surface area contributed by atoms with Crippen molar-refractivity contribution >= 4 is 22.7 Å². The molecule has 4 aromatic carbocycles. The number of carbonyl (C=O) groups is 2. The minimum absolute atomic E-state index is 0.101. The molecule has 0 saturated heterocycles. The van der Waals surface area contributed by atoms with E-state index >= 15 is 0 Å². The summed E-state index contributed by atoms with van der Waals surface area (Å²) in [6.07, 6.45) is 0. The van der Waals surface area contributed by atoms with Crippen LogP contribution in [-0.4, -0.2) is 26.2 Å².